The Morgan fingerprint density at radius 1 is 1.00 bits per heavy atom. The molecule has 164 valence electrons. The van der Waals surface area contributed by atoms with Crippen molar-refractivity contribution in [2.75, 3.05) is 6.61 Å². The highest BCUT2D eigenvalue weighted by Gasteiger charge is 2.24. The third-order valence-corrected chi connectivity index (χ3v) is 7.02. The lowest BCUT2D eigenvalue weighted by atomic mass is 10.1. The lowest BCUT2D eigenvalue weighted by Crippen LogP contribution is -2.20. The Kier molecular flexibility index (Phi) is 6.04. The highest BCUT2D eigenvalue weighted by Crippen LogP contribution is 2.24. The van der Waals surface area contributed by atoms with Gasteiger partial charge in [0.25, 0.3) is 0 Å². The van der Waals surface area contributed by atoms with Gasteiger partial charge in [0.2, 0.25) is 15.3 Å². The topological polar surface area (TPSA) is 65.4 Å². The molecule has 0 saturated heterocycles. The normalized spacial score (nSPS) is 11.6. The van der Waals surface area contributed by atoms with Gasteiger partial charge in [-0.05, 0) is 67.1 Å². The number of halogens is 2. The number of pyridine rings is 1. The SMILES string of the molecule is CCOc1ccc(S(=O)(=O)c2cn(Cc3ccc(Cl)cc3)c3ccc(F)cc3c2=O)cc1. The smallest absolute Gasteiger partial charge is 0.211 e. The summed E-state index contributed by atoms with van der Waals surface area (Å²) in [5.74, 6) is -0.101. The third-order valence-electron chi connectivity index (χ3n) is 5.01. The first kappa shape index (κ1) is 22.0. The zero-order valence-electron chi connectivity index (χ0n) is 17.1. The highest BCUT2D eigenvalue weighted by atomic mass is 35.5. The number of hydrogen-bond donors (Lipinski definition) is 0. The standard InChI is InChI=1S/C24H19ClFNO4S/c1-2-31-19-8-10-20(11-9-19)32(29,30)23-15-27(14-16-3-5-17(25)6-4-16)22-12-7-18(26)13-21(22)24(23)28/h3-13,15H,2,14H2,1H3. The van der Waals surface area contributed by atoms with Crippen LogP contribution in [0.2, 0.25) is 5.02 Å². The summed E-state index contributed by atoms with van der Waals surface area (Å²) in [6.45, 7) is 2.53. The van der Waals surface area contributed by atoms with Gasteiger partial charge in [0, 0.05) is 23.2 Å². The van der Waals surface area contributed by atoms with E-state index in [1.165, 1.54) is 42.6 Å². The molecular weight excluding hydrogens is 453 g/mol. The number of benzene rings is 3. The van der Waals surface area contributed by atoms with Crippen LogP contribution in [0.15, 0.2) is 87.5 Å². The summed E-state index contributed by atoms with van der Waals surface area (Å²) in [4.78, 5) is 12.6. The van der Waals surface area contributed by atoms with Crippen molar-refractivity contribution in [2.24, 2.45) is 0 Å². The Morgan fingerprint density at radius 3 is 2.34 bits per heavy atom. The lowest BCUT2D eigenvalue weighted by Gasteiger charge is -2.14. The zero-order chi connectivity index (χ0) is 22.9. The van der Waals surface area contributed by atoms with E-state index < -0.39 is 26.0 Å². The van der Waals surface area contributed by atoms with E-state index in [0.717, 1.165) is 11.6 Å². The van der Waals surface area contributed by atoms with Gasteiger partial charge in [0.05, 0.1) is 17.0 Å². The Balaban J connectivity index is 1.89. The van der Waals surface area contributed by atoms with E-state index in [1.807, 2.05) is 6.92 Å². The molecule has 0 radical (unpaired) electrons. The molecule has 0 amide bonds. The largest absolute Gasteiger partial charge is 0.494 e. The van der Waals surface area contributed by atoms with Crippen LogP contribution in [0.5, 0.6) is 5.75 Å². The Bertz CT molecular complexity index is 1450. The number of sulfone groups is 1. The van der Waals surface area contributed by atoms with Crippen molar-refractivity contribution in [1.82, 2.24) is 4.57 Å². The molecule has 0 bridgehead atoms. The van der Waals surface area contributed by atoms with Crippen molar-refractivity contribution in [2.45, 2.75) is 23.3 Å². The first-order valence-corrected chi connectivity index (χ1v) is 11.7. The molecule has 0 spiro atoms. The minimum Gasteiger partial charge on any atom is -0.494 e. The number of nitrogens with zero attached hydrogens (tertiary/aromatic N) is 1. The maximum absolute atomic E-state index is 14.0. The van der Waals surface area contributed by atoms with Crippen LogP contribution in [0.4, 0.5) is 4.39 Å². The molecule has 0 N–H and O–H groups in total. The first-order chi connectivity index (χ1) is 15.3. The summed E-state index contributed by atoms with van der Waals surface area (Å²) in [7, 11) is -4.16. The maximum Gasteiger partial charge on any atom is 0.211 e. The minimum absolute atomic E-state index is 0.00836. The van der Waals surface area contributed by atoms with Gasteiger partial charge in [0.15, 0.2) is 0 Å². The molecule has 32 heavy (non-hydrogen) atoms. The van der Waals surface area contributed by atoms with E-state index in [-0.39, 0.29) is 16.8 Å². The van der Waals surface area contributed by atoms with Gasteiger partial charge in [-0.15, -0.1) is 0 Å². The summed E-state index contributed by atoms with van der Waals surface area (Å²) >= 11 is 5.95. The molecule has 4 aromatic rings. The van der Waals surface area contributed by atoms with E-state index in [1.54, 1.807) is 28.8 Å². The van der Waals surface area contributed by atoms with Crippen LogP contribution < -0.4 is 10.2 Å². The lowest BCUT2D eigenvalue weighted by molar-refractivity contribution is 0.340. The third kappa shape index (κ3) is 4.26. The van der Waals surface area contributed by atoms with Crippen molar-refractivity contribution in [1.29, 1.82) is 0 Å². The quantitative estimate of drug-likeness (QED) is 0.393. The van der Waals surface area contributed by atoms with Crippen molar-refractivity contribution < 1.29 is 17.5 Å². The first-order valence-electron chi connectivity index (χ1n) is 9.84. The van der Waals surface area contributed by atoms with Gasteiger partial charge < -0.3 is 9.30 Å². The van der Waals surface area contributed by atoms with E-state index in [2.05, 4.69) is 0 Å². The van der Waals surface area contributed by atoms with Crippen molar-refractivity contribution in [3.63, 3.8) is 0 Å². The molecule has 1 aromatic heterocycles. The van der Waals surface area contributed by atoms with Crippen LogP contribution in [-0.2, 0) is 16.4 Å². The summed E-state index contributed by atoms with van der Waals surface area (Å²) in [6.07, 6.45) is 1.31. The number of fused-ring (bicyclic) bond motifs is 1. The predicted molar refractivity (Wildman–Crippen MR) is 122 cm³/mol. The number of ether oxygens (including phenoxy) is 1. The molecular formula is C24H19ClFNO4S. The van der Waals surface area contributed by atoms with Crippen molar-refractivity contribution in [3.05, 3.63) is 99.6 Å². The van der Waals surface area contributed by atoms with Crippen molar-refractivity contribution in [3.8, 4) is 5.75 Å². The molecule has 8 heteroatoms. The Hall–Kier alpha value is -3.16. The Labute approximate surface area is 189 Å². The van der Waals surface area contributed by atoms with E-state index in [0.29, 0.717) is 22.9 Å². The number of rotatable bonds is 6. The molecule has 0 aliphatic heterocycles. The molecule has 3 aromatic carbocycles. The molecule has 0 fully saturated rings. The predicted octanol–water partition coefficient (Wildman–Crippen LogP) is 5.07. The molecule has 0 atom stereocenters. The molecule has 0 saturated carbocycles. The van der Waals surface area contributed by atoms with Crippen LogP contribution >= 0.6 is 11.6 Å². The molecule has 4 rings (SSSR count). The van der Waals surface area contributed by atoms with Gasteiger partial charge >= 0.3 is 0 Å². The molecule has 0 aliphatic rings. The van der Waals surface area contributed by atoms with Crippen molar-refractivity contribution >= 4 is 32.3 Å². The minimum atomic E-state index is -4.16. The van der Waals surface area contributed by atoms with Gasteiger partial charge in [0.1, 0.15) is 16.5 Å². The highest BCUT2D eigenvalue weighted by molar-refractivity contribution is 7.91. The van der Waals surface area contributed by atoms with E-state index in [9.17, 15) is 17.6 Å². The second kappa shape index (κ2) is 8.76. The molecule has 5 nitrogen and oxygen atoms in total. The van der Waals surface area contributed by atoms with Crippen LogP contribution in [-0.4, -0.2) is 19.6 Å². The van der Waals surface area contributed by atoms with Gasteiger partial charge in [-0.3, -0.25) is 4.79 Å². The summed E-state index contributed by atoms with van der Waals surface area (Å²) in [5.41, 5.74) is 0.519. The summed E-state index contributed by atoms with van der Waals surface area (Å²) in [6, 6.07) is 16.7. The summed E-state index contributed by atoms with van der Waals surface area (Å²) < 4.78 is 47.6. The molecule has 0 unspecified atom stereocenters. The molecule has 1 heterocycles. The average molecular weight is 472 g/mol. The van der Waals surface area contributed by atoms with Crippen LogP contribution in [0.25, 0.3) is 10.9 Å². The molecule has 0 aliphatic carbocycles. The fourth-order valence-corrected chi connectivity index (χ4v) is 4.95. The zero-order valence-corrected chi connectivity index (χ0v) is 18.7. The average Bonchev–Trinajstić information content (AvgIpc) is 2.77. The van der Waals surface area contributed by atoms with Gasteiger partial charge in [-0.25, -0.2) is 12.8 Å². The second-order valence-corrected chi connectivity index (χ2v) is 9.50. The van der Waals surface area contributed by atoms with E-state index in [4.69, 9.17) is 16.3 Å². The maximum atomic E-state index is 14.0. The van der Waals surface area contributed by atoms with Crippen LogP contribution in [0, 0.1) is 5.82 Å². The number of aromatic nitrogens is 1. The number of hydrogen-bond acceptors (Lipinski definition) is 4. The summed E-state index contributed by atoms with van der Waals surface area (Å²) in [5, 5.41) is 0.560. The van der Waals surface area contributed by atoms with Crippen LogP contribution in [0.3, 0.4) is 0 Å². The fourth-order valence-electron chi connectivity index (χ4n) is 3.46. The van der Waals surface area contributed by atoms with Gasteiger partial charge in [-0.1, -0.05) is 23.7 Å². The van der Waals surface area contributed by atoms with E-state index >= 15 is 0 Å². The van der Waals surface area contributed by atoms with Gasteiger partial charge in [-0.2, -0.15) is 0 Å². The monoisotopic (exact) mass is 471 g/mol. The second-order valence-electron chi connectivity index (χ2n) is 7.15. The Morgan fingerprint density at radius 2 is 1.69 bits per heavy atom. The fraction of sp³-hybridized carbons (Fsp3) is 0.125. The van der Waals surface area contributed by atoms with Crippen LogP contribution in [0.1, 0.15) is 12.5 Å².